The quantitative estimate of drug-likeness (QED) is 0.409. The van der Waals surface area contributed by atoms with Gasteiger partial charge in [-0.1, -0.05) is 0 Å². The van der Waals surface area contributed by atoms with Gasteiger partial charge < -0.3 is 5.32 Å². The predicted molar refractivity (Wildman–Crippen MR) is 45.9 cm³/mol. The Balaban J connectivity index is 4.02. The Morgan fingerprint density at radius 2 is 2.17 bits per heavy atom. The van der Waals surface area contributed by atoms with E-state index in [9.17, 15) is 9.59 Å². The van der Waals surface area contributed by atoms with Gasteiger partial charge in [0.25, 0.3) is 5.91 Å². The van der Waals surface area contributed by atoms with E-state index in [1.165, 1.54) is 24.2 Å². The lowest BCUT2D eigenvalue weighted by Crippen LogP contribution is -2.46. The first-order valence-corrected chi connectivity index (χ1v) is 4.71. The molecule has 6 heteroatoms. The van der Waals surface area contributed by atoms with Gasteiger partial charge in [-0.2, -0.15) is 11.8 Å². The number of rotatable bonds is 4. The molecule has 0 heterocycles. The average Bonchev–Trinajstić information content (AvgIpc) is 2.01. The first-order chi connectivity index (χ1) is 5.61. The van der Waals surface area contributed by atoms with Gasteiger partial charge in [0, 0.05) is 12.7 Å². The van der Waals surface area contributed by atoms with Crippen molar-refractivity contribution >= 4 is 23.6 Å². The molecule has 12 heavy (non-hydrogen) atoms. The molecule has 0 bridgehead atoms. The summed E-state index contributed by atoms with van der Waals surface area (Å²) in [5.41, 5.74) is 1.49. The summed E-state index contributed by atoms with van der Waals surface area (Å²) in [6.45, 7) is 1.32. The van der Waals surface area contributed by atoms with Crippen molar-refractivity contribution < 1.29 is 14.8 Å². The van der Waals surface area contributed by atoms with Crippen molar-refractivity contribution in [2.45, 2.75) is 13.0 Å². The van der Waals surface area contributed by atoms with Gasteiger partial charge in [-0.05, 0) is 6.26 Å². The normalized spacial score (nSPS) is 11.9. The molecule has 2 amide bonds. The Labute approximate surface area is 74.9 Å². The van der Waals surface area contributed by atoms with Crippen LogP contribution in [0.5, 0.6) is 0 Å². The molecule has 0 aliphatic carbocycles. The number of carbonyl (C=O) groups is 2. The Kier molecular flexibility index (Phi) is 5.48. The van der Waals surface area contributed by atoms with Crippen molar-refractivity contribution in [3.05, 3.63) is 0 Å². The molecular weight excluding hydrogens is 180 g/mol. The van der Waals surface area contributed by atoms with Gasteiger partial charge in [0.2, 0.25) is 5.91 Å². The zero-order valence-corrected chi connectivity index (χ0v) is 7.77. The van der Waals surface area contributed by atoms with Crippen molar-refractivity contribution in [3.8, 4) is 0 Å². The third-order valence-corrected chi connectivity index (χ3v) is 1.80. The minimum Gasteiger partial charge on any atom is -0.344 e. The fourth-order valence-electron chi connectivity index (χ4n) is 0.673. The Morgan fingerprint density at radius 3 is 2.50 bits per heavy atom. The molecular formula is C6H12N2O3S. The van der Waals surface area contributed by atoms with Gasteiger partial charge in [-0.15, -0.1) is 0 Å². The molecule has 0 radical (unpaired) electrons. The van der Waals surface area contributed by atoms with Crippen molar-refractivity contribution in [2.24, 2.45) is 0 Å². The molecule has 0 rings (SSSR count). The lowest BCUT2D eigenvalue weighted by Gasteiger charge is -2.13. The summed E-state index contributed by atoms with van der Waals surface area (Å²) in [5.74, 6) is -0.455. The third-order valence-electron chi connectivity index (χ3n) is 1.14. The minimum atomic E-state index is -0.664. The fourth-order valence-corrected chi connectivity index (χ4v) is 1.24. The summed E-state index contributed by atoms with van der Waals surface area (Å²) in [6, 6.07) is -0.664. The van der Waals surface area contributed by atoms with E-state index < -0.39 is 11.9 Å². The molecule has 0 saturated heterocycles. The largest absolute Gasteiger partial charge is 0.344 e. The van der Waals surface area contributed by atoms with E-state index in [0.717, 1.165) is 0 Å². The Hall–Kier alpha value is -0.750. The first-order valence-electron chi connectivity index (χ1n) is 3.31. The van der Waals surface area contributed by atoms with Gasteiger partial charge in [0.1, 0.15) is 6.04 Å². The van der Waals surface area contributed by atoms with Crippen molar-refractivity contribution in [1.82, 2.24) is 10.8 Å². The molecule has 0 fully saturated rings. The molecule has 0 aromatic rings. The topological polar surface area (TPSA) is 78.4 Å². The molecule has 5 nitrogen and oxygen atoms in total. The van der Waals surface area contributed by atoms with Crippen molar-refractivity contribution in [1.29, 1.82) is 0 Å². The summed E-state index contributed by atoms with van der Waals surface area (Å²) >= 11 is 1.41. The highest BCUT2D eigenvalue weighted by Gasteiger charge is 2.17. The summed E-state index contributed by atoms with van der Waals surface area (Å²) in [6.07, 6.45) is 1.81. The molecule has 1 atom stereocenters. The number of hydroxylamine groups is 1. The highest BCUT2D eigenvalue weighted by atomic mass is 32.2. The smallest absolute Gasteiger partial charge is 0.266 e. The van der Waals surface area contributed by atoms with Crippen LogP contribution in [-0.4, -0.2) is 35.1 Å². The Morgan fingerprint density at radius 1 is 1.58 bits per heavy atom. The third kappa shape index (κ3) is 4.20. The van der Waals surface area contributed by atoms with Crippen LogP contribution in [0.1, 0.15) is 6.92 Å². The second-order valence-corrected chi connectivity index (χ2v) is 3.10. The van der Waals surface area contributed by atoms with E-state index >= 15 is 0 Å². The number of thioether (sulfide) groups is 1. The van der Waals surface area contributed by atoms with Crippen LogP contribution in [0.4, 0.5) is 0 Å². The second kappa shape index (κ2) is 5.84. The van der Waals surface area contributed by atoms with Crippen molar-refractivity contribution in [3.63, 3.8) is 0 Å². The molecule has 0 spiro atoms. The van der Waals surface area contributed by atoms with Crippen molar-refractivity contribution in [2.75, 3.05) is 12.0 Å². The number of hydrogen-bond donors (Lipinski definition) is 3. The summed E-state index contributed by atoms with van der Waals surface area (Å²) in [5, 5.41) is 10.7. The molecule has 0 aliphatic rings. The summed E-state index contributed by atoms with van der Waals surface area (Å²) < 4.78 is 0. The highest BCUT2D eigenvalue weighted by molar-refractivity contribution is 7.98. The minimum absolute atomic E-state index is 0.294. The molecule has 3 N–H and O–H groups in total. The molecule has 0 unspecified atom stereocenters. The van der Waals surface area contributed by atoms with E-state index in [1.54, 1.807) is 6.26 Å². The lowest BCUT2D eigenvalue weighted by molar-refractivity contribution is -0.133. The SMILES string of the molecule is CSC[C@H](NC(C)=O)C(=O)NO. The van der Waals surface area contributed by atoms with Gasteiger partial charge in [0.15, 0.2) is 0 Å². The van der Waals surface area contributed by atoms with E-state index in [1.807, 2.05) is 0 Å². The standard InChI is InChI=1S/C6H12N2O3S/c1-4(9)7-5(3-12-2)6(10)8-11/h5,11H,3H2,1-2H3,(H,7,9)(H,8,10)/t5-/m0/s1. The van der Waals surface area contributed by atoms with Gasteiger partial charge in [0.05, 0.1) is 0 Å². The predicted octanol–water partition coefficient (Wildman–Crippen LogP) is -0.640. The van der Waals surface area contributed by atoms with Crippen LogP contribution in [0.15, 0.2) is 0 Å². The molecule has 0 aromatic heterocycles. The first kappa shape index (κ1) is 11.2. The van der Waals surface area contributed by atoms with E-state index in [4.69, 9.17) is 5.21 Å². The number of nitrogens with one attached hydrogen (secondary N) is 2. The summed E-state index contributed by atoms with van der Waals surface area (Å²) in [4.78, 5) is 21.4. The molecule has 0 aromatic carbocycles. The molecule has 0 aliphatic heterocycles. The fraction of sp³-hybridized carbons (Fsp3) is 0.667. The van der Waals surface area contributed by atoms with Crippen LogP contribution < -0.4 is 10.8 Å². The van der Waals surface area contributed by atoms with Gasteiger partial charge in [-0.25, -0.2) is 5.48 Å². The van der Waals surface area contributed by atoms with E-state index in [2.05, 4.69) is 5.32 Å². The van der Waals surface area contributed by atoms with Crippen LogP contribution >= 0.6 is 11.8 Å². The van der Waals surface area contributed by atoms with Gasteiger partial charge in [-0.3, -0.25) is 14.8 Å². The zero-order valence-electron chi connectivity index (χ0n) is 6.96. The van der Waals surface area contributed by atoms with E-state index in [-0.39, 0.29) is 5.91 Å². The summed E-state index contributed by atoms with van der Waals surface area (Å²) in [7, 11) is 0. The van der Waals surface area contributed by atoms with Crippen LogP contribution in [0.3, 0.4) is 0 Å². The van der Waals surface area contributed by atoms with Crippen LogP contribution in [0, 0.1) is 0 Å². The zero-order chi connectivity index (χ0) is 9.56. The maximum absolute atomic E-state index is 10.8. The Bertz CT molecular complexity index is 174. The van der Waals surface area contributed by atoms with Crippen LogP contribution in [0.2, 0.25) is 0 Å². The number of hydrogen-bond acceptors (Lipinski definition) is 4. The van der Waals surface area contributed by atoms with Crippen LogP contribution in [0.25, 0.3) is 0 Å². The number of carbonyl (C=O) groups excluding carboxylic acids is 2. The second-order valence-electron chi connectivity index (χ2n) is 2.18. The monoisotopic (exact) mass is 192 g/mol. The molecule has 70 valence electrons. The maximum Gasteiger partial charge on any atom is 0.266 e. The van der Waals surface area contributed by atoms with E-state index in [0.29, 0.717) is 5.75 Å². The molecule has 0 saturated carbocycles. The maximum atomic E-state index is 10.8. The highest BCUT2D eigenvalue weighted by Crippen LogP contribution is 1.96. The van der Waals surface area contributed by atoms with Crippen LogP contribution in [-0.2, 0) is 9.59 Å². The number of amides is 2. The average molecular weight is 192 g/mol. The lowest BCUT2D eigenvalue weighted by atomic mass is 10.3. The van der Waals surface area contributed by atoms with Gasteiger partial charge >= 0.3 is 0 Å².